The van der Waals surface area contributed by atoms with Crippen molar-refractivity contribution in [3.8, 4) is 0 Å². The highest BCUT2D eigenvalue weighted by Gasteiger charge is 2.18. The fraction of sp³-hybridized carbons (Fsp3) is 0.294. The number of carbonyl (C=O) groups is 1. The summed E-state index contributed by atoms with van der Waals surface area (Å²) in [7, 11) is 0. The van der Waals surface area contributed by atoms with Crippen LogP contribution in [0.5, 0.6) is 0 Å². The molecule has 0 fully saturated rings. The fourth-order valence-electron chi connectivity index (χ4n) is 2.74. The lowest BCUT2D eigenvalue weighted by molar-refractivity contribution is 0.0687. The van der Waals surface area contributed by atoms with Crippen molar-refractivity contribution >= 4 is 17.3 Å². The van der Waals surface area contributed by atoms with Crippen molar-refractivity contribution in [1.82, 2.24) is 19.6 Å². The summed E-state index contributed by atoms with van der Waals surface area (Å²) in [4.78, 5) is 19.7. The number of anilines is 1. The van der Waals surface area contributed by atoms with E-state index in [2.05, 4.69) is 40.3 Å². The quantitative estimate of drug-likeness (QED) is 0.724. The van der Waals surface area contributed by atoms with Gasteiger partial charge in [-0.15, -0.1) is 0 Å². The van der Waals surface area contributed by atoms with Gasteiger partial charge in [-0.3, -0.25) is 4.98 Å². The summed E-state index contributed by atoms with van der Waals surface area (Å²) >= 11 is 0. The van der Waals surface area contributed by atoms with E-state index >= 15 is 0 Å². The van der Waals surface area contributed by atoms with Crippen LogP contribution in [0.15, 0.2) is 43.0 Å². The van der Waals surface area contributed by atoms with Crippen molar-refractivity contribution in [3.05, 3.63) is 54.2 Å². The Balaban J connectivity index is 1.86. The molecule has 2 N–H and O–H groups in total. The van der Waals surface area contributed by atoms with Gasteiger partial charge in [0.2, 0.25) is 0 Å². The first kappa shape index (κ1) is 15.9. The van der Waals surface area contributed by atoms with Gasteiger partial charge in [-0.2, -0.15) is 5.10 Å². The summed E-state index contributed by atoms with van der Waals surface area (Å²) in [6.45, 7) is 4.99. The third-order valence-electron chi connectivity index (χ3n) is 4.06. The molecule has 1 atom stereocenters. The van der Waals surface area contributed by atoms with Crippen LogP contribution in [-0.2, 0) is 0 Å². The minimum absolute atomic E-state index is 0.0354. The average Bonchev–Trinajstić information content (AvgIpc) is 3.05. The van der Waals surface area contributed by atoms with Crippen LogP contribution in [0.4, 0.5) is 5.82 Å². The maximum Gasteiger partial charge on any atom is 0.356 e. The van der Waals surface area contributed by atoms with Crippen LogP contribution in [0.2, 0.25) is 0 Å². The molecule has 3 rings (SSSR count). The molecular weight excluding hydrogens is 306 g/mol. The molecule has 0 saturated heterocycles. The molecule has 0 aliphatic carbocycles. The molecule has 124 valence electrons. The van der Waals surface area contributed by atoms with Crippen LogP contribution in [0.3, 0.4) is 0 Å². The number of nitrogens with zero attached hydrogens (tertiary/aromatic N) is 4. The molecule has 0 bridgehead atoms. The van der Waals surface area contributed by atoms with Crippen molar-refractivity contribution in [3.63, 3.8) is 0 Å². The van der Waals surface area contributed by atoms with E-state index in [1.807, 2.05) is 12.3 Å². The van der Waals surface area contributed by atoms with Crippen molar-refractivity contribution in [2.75, 3.05) is 11.9 Å². The zero-order chi connectivity index (χ0) is 17.1. The third kappa shape index (κ3) is 3.05. The molecule has 3 aromatic heterocycles. The van der Waals surface area contributed by atoms with Crippen LogP contribution in [0, 0.1) is 5.92 Å². The van der Waals surface area contributed by atoms with Gasteiger partial charge in [0.05, 0.1) is 12.4 Å². The second-order valence-electron chi connectivity index (χ2n) is 5.94. The van der Waals surface area contributed by atoms with Gasteiger partial charge in [0, 0.05) is 24.9 Å². The molecular formula is C17H19N5O2. The summed E-state index contributed by atoms with van der Waals surface area (Å²) in [5.74, 6) is 0.244. The highest BCUT2D eigenvalue weighted by atomic mass is 16.4. The molecule has 0 aliphatic rings. The van der Waals surface area contributed by atoms with Crippen LogP contribution >= 0.6 is 0 Å². The summed E-state index contributed by atoms with van der Waals surface area (Å²) in [6.07, 6.45) is 6.52. The predicted octanol–water partition coefficient (Wildman–Crippen LogP) is 2.67. The number of pyridine rings is 1. The SMILES string of the molecule is CC(C)C(CNc1ncc(C(=O)O)n2nccc12)c1cccnc1. The third-order valence-corrected chi connectivity index (χ3v) is 4.06. The standard InChI is InChI=1S/C17H19N5O2/c1-11(2)13(12-4-3-6-18-8-12)9-19-16-14-5-7-21-22(14)15(10-20-16)17(23)24/h3-8,10-11,13H,9H2,1-2H3,(H,19,20)(H,23,24). The highest BCUT2D eigenvalue weighted by Crippen LogP contribution is 2.25. The molecule has 0 radical (unpaired) electrons. The Morgan fingerprint density at radius 2 is 2.12 bits per heavy atom. The summed E-state index contributed by atoms with van der Waals surface area (Å²) in [5, 5.41) is 16.6. The van der Waals surface area contributed by atoms with Crippen molar-refractivity contribution in [1.29, 1.82) is 0 Å². The second-order valence-corrected chi connectivity index (χ2v) is 5.94. The molecule has 3 heterocycles. The Kier molecular flexibility index (Phi) is 4.41. The fourth-order valence-corrected chi connectivity index (χ4v) is 2.74. The van der Waals surface area contributed by atoms with E-state index in [1.165, 1.54) is 10.7 Å². The number of aromatic carboxylic acids is 1. The molecule has 1 unspecified atom stereocenters. The van der Waals surface area contributed by atoms with Crippen LogP contribution in [-0.4, -0.2) is 37.2 Å². The van der Waals surface area contributed by atoms with E-state index < -0.39 is 5.97 Å². The Morgan fingerprint density at radius 1 is 1.29 bits per heavy atom. The minimum atomic E-state index is -1.06. The van der Waals surface area contributed by atoms with E-state index in [0.29, 0.717) is 23.8 Å². The minimum Gasteiger partial charge on any atom is -0.476 e. The number of fused-ring (bicyclic) bond motifs is 1. The maximum atomic E-state index is 11.2. The molecule has 24 heavy (non-hydrogen) atoms. The Hall–Kier alpha value is -2.96. The average molecular weight is 325 g/mol. The number of rotatable bonds is 6. The monoisotopic (exact) mass is 325 g/mol. The smallest absolute Gasteiger partial charge is 0.356 e. The van der Waals surface area contributed by atoms with Crippen LogP contribution < -0.4 is 5.32 Å². The van der Waals surface area contributed by atoms with Crippen molar-refractivity contribution in [2.45, 2.75) is 19.8 Å². The summed E-state index contributed by atoms with van der Waals surface area (Å²) in [5.41, 5.74) is 1.84. The first-order valence-corrected chi connectivity index (χ1v) is 7.77. The zero-order valence-electron chi connectivity index (χ0n) is 13.5. The van der Waals surface area contributed by atoms with Gasteiger partial charge in [-0.1, -0.05) is 19.9 Å². The number of hydrogen-bond donors (Lipinski definition) is 2. The molecule has 7 heteroatoms. The molecule has 0 aliphatic heterocycles. The van der Waals surface area contributed by atoms with Gasteiger partial charge in [-0.05, 0) is 23.6 Å². The van der Waals surface area contributed by atoms with Gasteiger partial charge in [0.1, 0.15) is 5.52 Å². The van der Waals surface area contributed by atoms with Crippen molar-refractivity contribution < 1.29 is 9.90 Å². The molecule has 3 aromatic rings. The lowest BCUT2D eigenvalue weighted by Gasteiger charge is -2.22. The summed E-state index contributed by atoms with van der Waals surface area (Å²) < 4.78 is 1.38. The molecule has 7 nitrogen and oxygen atoms in total. The van der Waals surface area contributed by atoms with Gasteiger partial charge in [-0.25, -0.2) is 14.3 Å². The van der Waals surface area contributed by atoms with Gasteiger partial charge in [0.15, 0.2) is 11.5 Å². The van der Waals surface area contributed by atoms with Crippen LogP contribution in [0.25, 0.3) is 5.52 Å². The lowest BCUT2D eigenvalue weighted by Crippen LogP contribution is -2.19. The first-order valence-electron chi connectivity index (χ1n) is 7.77. The van der Waals surface area contributed by atoms with Gasteiger partial charge < -0.3 is 10.4 Å². The molecule has 0 spiro atoms. The topological polar surface area (TPSA) is 92.4 Å². The molecule has 0 saturated carbocycles. The highest BCUT2D eigenvalue weighted by molar-refractivity contribution is 5.87. The maximum absolute atomic E-state index is 11.2. The number of nitrogens with one attached hydrogen (secondary N) is 1. The summed E-state index contributed by atoms with van der Waals surface area (Å²) in [6, 6.07) is 5.74. The normalized spacial score (nSPS) is 12.5. The Morgan fingerprint density at radius 3 is 2.79 bits per heavy atom. The van der Waals surface area contributed by atoms with E-state index in [-0.39, 0.29) is 11.6 Å². The first-order chi connectivity index (χ1) is 11.6. The number of aromatic nitrogens is 4. The molecule has 0 amide bonds. The van der Waals surface area contributed by atoms with Crippen molar-refractivity contribution in [2.24, 2.45) is 5.92 Å². The van der Waals surface area contributed by atoms with Gasteiger partial charge >= 0.3 is 5.97 Å². The predicted molar refractivity (Wildman–Crippen MR) is 90.3 cm³/mol. The largest absolute Gasteiger partial charge is 0.476 e. The van der Waals surface area contributed by atoms with Gasteiger partial charge in [0.25, 0.3) is 0 Å². The van der Waals surface area contributed by atoms with E-state index in [9.17, 15) is 9.90 Å². The zero-order valence-corrected chi connectivity index (χ0v) is 13.5. The Bertz CT molecular complexity index is 845. The molecule has 0 aromatic carbocycles. The second kappa shape index (κ2) is 6.66. The lowest BCUT2D eigenvalue weighted by atomic mass is 9.89. The van der Waals surface area contributed by atoms with E-state index in [0.717, 1.165) is 5.56 Å². The van der Waals surface area contributed by atoms with E-state index in [1.54, 1.807) is 18.5 Å². The van der Waals surface area contributed by atoms with Crippen LogP contribution in [0.1, 0.15) is 35.8 Å². The van der Waals surface area contributed by atoms with E-state index in [4.69, 9.17) is 0 Å². The number of carboxylic acid groups (broad SMARTS) is 1. The number of carboxylic acids is 1. The number of hydrogen-bond acceptors (Lipinski definition) is 5. The Labute approximate surface area is 139 Å².